The fourth-order valence-corrected chi connectivity index (χ4v) is 1.97. The molecule has 0 saturated carbocycles. The van der Waals surface area contributed by atoms with E-state index in [1.165, 1.54) is 36.4 Å². The van der Waals surface area contributed by atoms with E-state index in [2.05, 4.69) is 5.32 Å². The molecule has 0 aliphatic rings. The van der Waals surface area contributed by atoms with E-state index < -0.39 is 17.8 Å². The van der Waals surface area contributed by atoms with Crippen molar-refractivity contribution in [3.8, 4) is 11.7 Å². The summed E-state index contributed by atoms with van der Waals surface area (Å²) in [5.41, 5.74) is 4.98. The number of nitrogens with two attached hydrogens (primary N) is 1. The lowest BCUT2D eigenvalue weighted by molar-refractivity contribution is -0.0616. The molecule has 4 N–H and O–H groups in total. The van der Waals surface area contributed by atoms with Crippen molar-refractivity contribution in [2.24, 2.45) is 5.73 Å². The maximum absolute atomic E-state index is 12.8. The molecule has 8 nitrogen and oxygen atoms in total. The van der Waals surface area contributed by atoms with Gasteiger partial charge < -0.3 is 20.2 Å². The van der Waals surface area contributed by atoms with E-state index in [-0.39, 0.29) is 24.3 Å². The number of rotatable bonds is 7. The lowest BCUT2D eigenvalue weighted by Gasteiger charge is -2.17. The van der Waals surface area contributed by atoms with Gasteiger partial charge in [-0.05, 0) is 43.7 Å². The SMILES string of the molecule is CC(CCN(O)C(=O)c1ccc(Oc2ccc(F)cc2)o1)NC(N)=O. The monoisotopic (exact) mass is 351 g/mol. The first-order chi connectivity index (χ1) is 11.8. The lowest BCUT2D eigenvalue weighted by atomic mass is 10.2. The predicted molar refractivity (Wildman–Crippen MR) is 84.8 cm³/mol. The molecule has 1 unspecified atom stereocenters. The van der Waals surface area contributed by atoms with Crippen molar-refractivity contribution in [1.82, 2.24) is 10.4 Å². The van der Waals surface area contributed by atoms with Crippen molar-refractivity contribution in [2.75, 3.05) is 6.54 Å². The number of nitrogens with zero attached hydrogens (tertiary/aromatic N) is 1. The summed E-state index contributed by atoms with van der Waals surface area (Å²) in [7, 11) is 0. The van der Waals surface area contributed by atoms with Crippen LogP contribution in [0.25, 0.3) is 0 Å². The first-order valence-corrected chi connectivity index (χ1v) is 7.45. The number of carbonyl (C=O) groups excluding carboxylic acids is 2. The van der Waals surface area contributed by atoms with Crippen molar-refractivity contribution in [3.63, 3.8) is 0 Å². The van der Waals surface area contributed by atoms with E-state index in [1.807, 2.05) is 0 Å². The number of furan rings is 1. The summed E-state index contributed by atoms with van der Waals surface area (Å²) in [4.78, 5) is 22.8. The number of urea groups is 1. The van der Waals surface area contributed by atoms with Crippen LogP contribution in [0.2, 0.25) is 0 Å². The summed E-state index contributed by atoms with van der Waals surface area (Å²) in [6, 6.07) is 7.01. The first kappa shape index (κ1) is 18.3. The number of primary amides is 1. The average molecular weight is 351 g/mol. The lowest BCUT2D eigenvalue weighted by Crippen LogP contribution is -2.39. The fourth-order valence-electron chi connectivity index (χ4n) is 1.97. The van der Waals surface area contributed by atoms with Gasteiger partial charge in [0.1, 0.15) is 11.6 Å². The van der Waals surface area contributed by atoms with Gasteiger partial charge in [-0.1, -0.05) is 0 Å². The minimum atomic E-state index is -0.764. The van der Waals surface area contributed by atoms with Crippen molar-refractivity contribution in [2.45, 2.75) is 19.4 Å². The quantitative estimate of drug-likeness (QED) is 0.523. The highest BCUT2D eigenvalue weighted by molar-refractivity contribution is 5.90. The Labute approximate surface area is 142 Å². The topological polar surface area (TPSA) is 118 Å². The molecule has 0 bridgehead atoms. The standard InChI is InChI=1S/C16H18FN3O5/c1-10(19-16(18)22)8-9-20(23)15(21)13-6-7-14(25-13)24-12-4-2-11(17)3-5-12/h2-7,10,23H,8-9H2,1H3,(H3,18,19,22). The molecule has 0 fully saturated rings. The van der Waals surface area contributed by atoms with Crippen LogP contribution in [-0.4, -0.2) is 34.8 Å². The van der Waals surface area contributed by atoms with Crippen LogP contribution < -0.4 is 15.8 Å². The minimum Gasteiger partial charge on any atom is -0.426 e. The van der Waals surface area contributed by atoms with Crippen LogP contribution in [0.15, 0.2) is 40.8 Å². The highest BCUT2D eigenvalue weighted by atomic mass is 19.1. The highest BCUT2D eigenvalue weighted by Crippen LogP contribution is 2.24. The van der Waals surface area contributed by atoms with Crippen LogP contribution in [0.3, 0.4) is 0 Å². The van der Waals surface area contributed by atoms with Crippen LogP contribution in [0.4, 0.5) is 9.18 Å². The maximum atomic E-state index is 12.8. The molecule has 2 rings (SSSR count). The van der Waals surface area contributed by atoms with Gasteiger partial charge in [-0.25, -0.2) is 14.2 Å². The fraction of sp³-hybridized carbons (Fsp3) is 0.250. The molecule has 0 radical (unpaired) electrons. The van der Waals surface area contributed by atoms with E-state index in [0.29, 0.717) is 17.2 Å². The summed E-state index contributed by atoms with van der Waals surface area (Å²) < 4.78 is 23.4. The minimum absolute atomic E-state index is 0.0205. The van der Waals surface area contributed by atoms with Crippen molar-refractivity contribution >= 4 is 11.9 Å². The number of halogens is 1. The third-order valence-electron chi connectivity index (χ3n) is 3.22. The molecule has 1 atom stereocenters. The number of carbonyl (C=O) groups is 2. The zero-order chi connectivity index (χ0) is 18.4. The molecule has 0 saturated heterocycles. The van der Waals surface area contributed by atoms with E-state index >= 15 is 0 Å². The van der Waals surface area contributed by atoms with E-state index in [9.17, 15) is 19.2 Å². The highest BCUT2D eigenvalue weighted by Gasteiger charge is 2.19. The molecule has 134 valence electrons. The van der Waals surface area contributed by atoms with Crippen molar-refractivity contribution in [3.05, 3.63) is 48.0 Å². The second-order valence-corrected chi connectivity index (χ2v) is 5.30. The molecule has 1 aromatic heterocycles. The van der Waals surface area contributed by atoms with E-state index in [0.717, 1.165) is 0 Å². The molecular formula is C16H18FN3O5. The number of amides is 3. The molecule has 25 heavy (non-hydrogen) atoms. The third kappa shape index (κ3) is 5.50. The Kier molecular flexibility index (Phi) is 5.96. The molecular weight excluding hydrogens is 333 g/mol. The van der Waals surface area contributed by atoms with Gasteiger partial charge in [-0.2, -0.15) is 0 Å². The first-order valence-electron chi connectivity index (χ1n) is 7.45. The van der Waals surface area contributed by atoms with Gasteiger partial charge in [-0.15, -0.1) is 0 Å². The Hall–Kier alpha value is -3.07. The van der Waals surface area contributed by atoms with Gasteiger partial charge in [0.15, 0.2) is 5.76 Å². The Morgan fingerprint density at radius 1 is 1.32 bits per heavy atom. The van der Waals surface area contributed by atoms with Crippen LogP contribution in [0.5, 0.6) is 11.7 Å². The Balaban J connectivity index is 1.90. The van der Waals surface area contributed by atoms with Gasteiger partial charge in [0.05, 0.1) is 6.54 Å². The van der Waals surface area contributed by atoms with E-state index in [4.69, 9.17) is 14.9 Å². The van der Waals surface area contributed by atoms with E-state index in [1.54, 1.807) is 6.92 Å². The van der Waals surface area contributed by atoms with Gasteiger partial charge in [0.25, 0.3) is 5.95 Å². The van der Waals surface area contributed by atoms with Crippen molar-refractivity contribution in [1.29, 1.82) is 0 Å². The molecule has 0 spiro atoms. The second-order valence-electron chi connectivity index (χ2n) is 5.30. The summed E-state index contributed by atoms with van der Waals surface area (Å²) in [6.07, 6.45) is 0.296. The number of ether oxygens (including phenoxy) is 1. The predicted octanol–water partition coefficient (Wildman–Crippen LogP) is 2.49. The van der Waals surface area contributed by atoms with Gasteiger partial charge in [-0.3, -0.25) is 10.0 Å². The molecule has 9 heteroatoms. The molecule has 1 aromatic carbocycles. The summed E-state index contributed by atoms with van der Waals surface area (Å²) in [6.45, 7) is 1.65. The molecule has 0 aliphatic carbocycles. The second kappa shape index (κ2) is 8.15. The molecule has 2 aromatic rings. The number of benzene rings is 1. The normalized spacial score (nSPS) is 11.6. The summed E-state index contributed by atoms with van der Waals surface area (Å²) in [5, 5.41) is 12.7. The molecule has 3 amide bonds. The zero-order valence-electron chi connectivity index (χ0n) is 13.4. The zero-order valence-corrected chi connectivity index (χ0v) is 13.4. The van der Waals surface area contributed by atoms with Crippen LogP contribution >= 0.6 is 0 Å². The van der Waals surface area contributed by atoms with Gasteiger partial charge >= 0.3 is 11.9 Å². The molecule has 1 heterocycles. The largest absolute Gasteiger partial charge is 0.426 e. The van der Waals surface area contributed by atoms with Crippen LogP contribution in [0, 0.1) is 5.82 Å². The van der Waals surface area contributed by atoms with Gasteiger partial charge in [0, 0.05) is 12.1 Å². The summed E-state index contributed by atoms with van der Waals surface area (Å²) >= 11 is 0. The van der Waals surface area contributed by atoms with Crippen LogP contribution in [-0.2, 0) is 0 Å². The Bertz CT molecular complexity index is 732. The Morgan fingerprint density at radius 2 is 2.00 bits per heavy atom. The Morgan fingerprint density at radius 3 is 2.64 bits per heavy atom. The third-order valence-corrected chi connectivity index (χ3v) is 3.22. The van der Waals surface area contributed by atoms with Crippen molar-refractivity contribution < 1.29 is 28.3 Å². The number of nitrogens with one attached hydrogen (secondary N) is 1. The average Bonchev–Trinajstić information content (AvgIpc) is 3.02. The number of hydrogen-bond donors (Lipinski definition) is 3. The summed E-state index contributed by atoms with van der Waals surface area (Å²) in [5.74, 6) is -0.942. The smallest absolute Gasteiger partial charge is 0.313 e. The van der Waals surface area contributed by atoms with Gasteiger partial charge in [0.2, 0.25) is 0 Å². The number of hydroxylamine groups is 2. The molecule has 0 aliphatic heterocycles. The van der Waals surface area contributed by atoms with Crippen LogP contribution in [0.1, 0.15) is 23.9 Å². The maximum Gasteiger partial charge on any atom is 0.313 e. The number of hydrogen-bond acceptors (Lipinski definition) is 5.